The lowest BCUT2D eigenvalue weighted by Crippen LogP contribution is -2.56. The summed E-state index contributed by atoms with van der Waals surface area (Å²) in [6.45, 7) is 1.17. The first kappa shape index (κ1) is 17.9. The van der Waals surface area contributed by atoms with Crippen molar-refractivity contribution in [2.75, 3.05) is 12.0 Å². The van der Waals surface area contributed by atoms with Crippen molar-refractivity contribution in [3.63, 3.8) is 0 Å². The van der Waals surface area contributed by atoms with Gasteiger partial charge in [-0.15, -0.1) is 0 Å². The van der Waals surface area contributed by atoms with E-state index in [1.54, 1.807) is 0 Å². The van der Waals surface area contributed by atoms with E-state index in [1.807, 2.05) is 0 Å². The number of anilines is 1. The van der Waals surface area contributed by atoms with Gasteiger partial charge in [-0.05, 0) is 24.3 Å². The van der Waals surface area contributed by atoms with Crippen molar-refractivity contribution in [3.8, 4) is 0 Å². The van der Waals surface area contributed by atoms with E-state index >= 15 is 0 Å². The van der Waals surface area contributed by atoms with Gasteiger partial charge in [0.2, 0.25) is 11.8 Å². The predicted molar refractivity (Wildman–Crippen MR) is 87.0 cm³/mol. The molecule has 1 saturated heterocycles. The summed E-state index contributed by atoms with van der Waals surface area (Å²) in [6, 6.07) is 3.47. The third-order valence-electron chi connectivity index (χ3n) is 4.14. The molecule has 3 amide bonds. The van der Waals surface area contributed by atoms with Crippen molar-refractivity contribution in [1.82, 2.24) is 10.4 Å². The number of nitrogens with one attached hydrogen (secondary N) is 1. The number of imide groups is 1. The van der Waals surface area contributed by atoms with Crippen LogP contribution in [0.5, 0.6) is 0 Å². The molecule has 2 aliphatic rings. The van der Waals surface area contributed by atoms with Crippen LogP contribution in [0.4, 0.5) is 10.1 Å². The lowest BCUT2D eigenvalue weighted by atomic mass is 9.96. The van der Waals surface area contributed by atoms with Crippen molar-refractivity contribution < 1.29 is 28.3 Å². The first-order valence-electron chi connectivity index (χ1n) is 7.42. The zero-order chi connectivity index (χ0) is 19.2. The second-order valence-electron chi connectivity index (χ2n) is 5.75. The number of hydrogen-bond acceptors (Lipinski definition) is 6. The second kappa shape index (κ2) is 6.10. The van der Waals surface area contributed by atoms with E-state index in [2.05, 4.69) is 10.2 Å². The number of nitrogens with zero attached hydrogens (tertiary/aromatic N) is 2. The maximum atomic E-state index is 13.7. The van der Waals surface area contributed by atoms with Crippen LogP contribution in [0, 0.1) is 5.82 Å². The molecule has 0 aromatic heterocycles. The first-order chi connectivity index (χ1) is 12.2. The molecule has 1 fully saturated rings. The molecule has 2 heterocycles. The summed E-state index contributed by atoms with van der Waals surface area (Å²) in [5, 5.41) is 0.731. The average Bonchev–Trinajstić information content (AvgIpc) is 3.08. The number of carbonyl (C=O) groups is 4. The molecule has 0 unspecified atom stereocenters. The van der Waals surface area contributed by atoms with Crippen molar-refractivity contribution in [2.24, 2.45) is 0 Å². The molecular weight excluding hydrogens is 369 g/mol. The van der Waals surface area contributed by atoms with Crippen molar-refractivity contribution in [2.45, 2.75) is 18.9 Å². The van der Waals surface area contributed by atoms with Crippen LogP contribution in [0.2, 0.25) is 5.02 Å². The molecule has 1 spiro atoms. The minimum absolute atomic E-state index is 0.0257. The number of amides is 3. The third kappa shape index (κ3) is 2.51. The standard InChI is InChI=1S/C16H13ClFN3O5/c1-8(22)21-16(6-12(19-21)14(24)26-2)7-13(23)20(15(16)25)9-3-4-10(17)11(18)5-9/h3-6,19H,7H2,1-2H3/t16-/m1/s1. The van der Waals surface area contributed by atoms with Crippen molar-refractivity contribution in [3.05, 3.63) is 40.8 Å². The van der Waals surface area contributed by atoms with Gasteiger partial charge < -0.3 is 4.74 Å². The Morgan fingerprint density at radius 2 is 2.04 bits per heavy atom. The van der Waals surface area contributed by atoms with Gasteiger partial charge in [0.25, 0.3) is 5.91 Å². The largest absolute Gasteiger partial charge is 0.464 e. The minimum atomic E-state index is -1.73. The molecule has 1 N–H and O–H groups in total. The average molecular weight is 382 g/mol. The number of rotatable bonds is 2. The Labute approximate surface area is 152 Å². The van der Waals surface area contributed by atoms with Gasteiger partial charge in [-0.3, -0.25) is 19.8 Å². The fraction of sp³-hybridized carbons (Fsp3) is 0.250. The number of carbonyl (C=O) groups excluding carboxylic acids is 4. The highest BCUT2D eigenvalue weighted by molar-refractivity contribution is 6.31. The third-order valence-corrected chi connectivity index (χ3v) is 4.45. The van der Waals surface area contributed by atoms with Crippen LogP contribution in [-0.4, -0.2) is 41.3 Å². The van der Waals surface area contributed by atoms with Gasteiger partial charge in [-0.25, -0.2) is 19.1 Å². The number of methoxy groups -OCH3 is 1. The van der Waals surface area contributed by atoms with E-state index < -0.39 is 41.5 Å². The maximum Gasteiger partial charge on any atom is 0.355 e. The quantitative estimate of drug-likeness (QED) is 0.604. The van der Waals surface area contributed by atoms with Crippen molar-refractivity contribution >= 4 is 41.0 Å². The van der Waals surface area contributed by atoms with Crippen molar-refractivity contribution in [1.29, 1.82) is 0 Å². The first-order valence-corrected chi connectivity index (χ1v) is 7.80. The molecule has 8 nitrogen and oxygen atoms in total. The molecule has 0 saturated carbocycles. The van der Waals surface area contributed by atoms with Gasteiger partial charge in [0.1, 0.15) is 11.5 Å². The molecule has 136 valence electrons. The summed E-state index contributed by atoms with van der Waals surface area (Å²) in [5.41, 5.74) is 0.588. The Balaban J connectivity index is 2.07. The van der Waals surface area contributed by atoms with Gasteiger partial charge in [-0.1, -0.05) is 11.6 Å². The van der Waals surface area contributed by atoms with Crippen LogP contribution in [0.3, 0.4) is 0 Å². The number of hydrazine groups is 1. The zero-order valence-electron chi connectivity index (χ0n) is 13.7. The highest BCUT2D eigenvalue weighted by Gasteiger charge is 2.59. The number of hydrogen-bond donors (Lipinski definition) is 1. The van der Waals surface area contributed by atoms with Crippen LogP contribution in [0.25, 0.3) is 0 Å². The second-order valence-corrected chi connectivity index (χ2v) is 6.16. The highest BCUT2D eigenvalue weighted by atomic mass is 35.5. The van der Waals surface area contributed by atoms with Crippen LogP contribution < -0.4 is 10.3 Å². The Hall–Kier alpha value is -2.94. The summed E-state index contributed by atoms with van der Waals surface area (Å²) in [5.74, 6) is -3.66. The Bertz CT molecular complexity index is 887. The molecular formula is C16H13ClFN3O5. The normalized spacial score (nSPS) is 21.9. The van der Waals surface area contributed by atoms with Gasteiger partial charge in [0.15, 0.2) is 5.54 Å². The molecule has 1 atom stereocenters. The van der Waals surface area contributed by atoms with Gasteiger partial charge in [0, 0.05) is 6.92 Å². The Morgan fingerprint density at radius 1 is 1.35 bits per heavy atom. The number of halogens is 2. The van der Waals surface area contributed by atoms with E-state index in [9.17, 15) is 23.6 Å². The maximum absolute atomic E-state index is 13.7. The lowest BCUT2D eigenvalue weighted by molar-refractivity contribution is -0.143. The van der Waals surface area contributed by atoms with E-state index in [1.165, 1.54) is 25.1 Å². The molecule has 26 heavy (non-hydrogen) atoms. The molecule has 1 aromatic carbocycles. The van der Waals surface area contributed by atoms with Gasteiger partial charge in [0.05, 0.1) is 24.2 Å². The fourth-order valence-corrected chi connectivity index (χ4v) is 3.11. The minimum Gasteiger partial charge on any atom is -0.464 e. The van der Waals surface area contributed by atoms with Crippen LogP contribution in [0.15, 0.2) is 30.0 Å². The molecule has 10 heteroatoms. The summed E-state index contributed by atoms with van der Waals surface area (Å²) in [4.78, 5) is 50.0. The van der Waals surface area contributed by atoms with Gasteiger partial charge >= 0.3 is 5.97 Å². The molecule has 1 aromatic rings. The number of benzene rings is 1. The smallest absolute Gasteiger partial charge is 0.355 e. The van der Waals surface area contributed by atoms with Crippen LogP contribution >= 0.6 is 11.6 Å². The Kier molecular flexibility index (Phi) is 4.19. The topological polar surface area (TPSA) is 96.0 Å². The summed E-state index contributed by atoms with van der Waals surface area (Å²) in [7, 11) is 1.14. The zero-order valence-corrected chi connectivity index (χ0v) is 14.5. The highest BCUT2D eigenvalue weighted by Crippen LogP contribution is 2.38. The fourth-order valence-electron chi connectivity index (χ4n) is 2.99. The summed E-state index contributed by atoms with van der Waals surface area (Å²) >= 11 is 5.63. The van der Waals surface area contributed by atoms with Crippen LogP contribution in [-0.2, 0) is 23.9 Å². The molecule has 0 radical (unpaired) electrons. The van der Waals surface area contributed by atoms with Gasteiger partial charge in [-0.2, -0.15) is 0 Å². The number of ether oxygens (including phenoxy) is 1. The van der Waals surface area contributed by atoms with E-state index in [0.29, 0.717) is 0 Å². The molecule has 0 bridgehead atoms. The van der Waals surface area contributed by atoms with E-state index in [-0.39, 0.29) is 16.4 Å². The summed E-state index contributed by atoms with van der Waals surface area (Å²) < 4.78 is 18.3. The SMILES string of the molecule is COC(=O)C1=C[C@]2(CC(=O)N(c3ccc(Cl)c(F)c3)C2=O)N(C(C)=O)N1. The van der Waals surface area contributed by atoms with E-state index in [4.69, 9.17) is 11.6 Å². The van der Waals surface area contributed by atoms with E-state index in [0.717, 1.165) is 23.1 Å². The van der Waals surface area contributed by atoms with Crippen LogP contribution in [0.1, 0.15) is 13.3 Å². The predicted octanol–water partition coefficient (Wildman–Crippen LogP) is 0.905. The molecule has 3 rings (SSSR count). The number of esters is 1. The lowest BCUT2D eigenvalue weighted by Gasteiger charge is -2.30. The Morgan fingerprint density at radius 3 is 2.62 bits per heavy atom. The summed E-state index contributed by atoms with van der Waals surface area (Å²) in [6.07, 6.45) is 0.760. The monoisotopic (exact) mass is 381 g/mol. The molecule has 2 aliphatic heterocycles. The molecule has 0 aliphatic carbocycles.